The predicted octanol–water partition coefficient (Wildman–Crippen LogP) is 1.85. The smallest absolute Gasteiger partial charge is 0.168 e. The number of nitrogens with zero attached hydrogens (tertiary/aromatic N) is 2. The fraction of sp³-hybridized carbons (Fsp3) is 0.471. The van der Waals surface area contributed by atoms with Crippen LogP contribution in [0.5, 0.6) is 5.75 Å². The minimum Gasteiger partial charge on any atom is -0.458 e. The molecule has 2 aliphatic heterocycles. The van der Waals surface area contributed by atoms with Gasteiger partial charge in [0.05, 0.1) is 10.6 Å². The Morgan fingerprint density at radius 1 is 1.33 bits per heavy atom. The molecule has 2 atom stereocenters. The van der Waals surface area contributed by atoms with Gasteiger partial charge in [0, 0.05) is 31.9 Å². The Morgan fingerprint density at radius 3 is 2.75 bits per heavy atom. The molecular weight excluding hydrogens is 332 g/mol. The second kappa shape index (κ2) is 7.51. The van der Waals surface area contributed by atoms with Crippen LogP contribution < -0.4 is 4.74 Å². The average Bonchev–Trinajstić information content (AvgIpc) is 2.84. The van der Waals surface area contributed by atoms with Gasteiger partial charge in [0.15, 0.2) is 6.23 Å². The van der Waals surface area contributed by atoms with E-state index in [2.05, 4.69) is 0 Å². The normalized spacial score (nSPS) is 25.3. The lowest BCUT2D eigenvalue weighted by atomic mass is 10.00. The van der Waals surface area contributed by atoms with Crippen LogP contribution in [0.15, 0.2) is 30.0 Å². The van der Waals surface area contributed by atoms with E-state index in [1.807, 2.05) is 6.07 Å². The average molecular weight is 351 g/mol. The Bertz CT molecular complexity index is 667. The summed E-state index contributed by atoms with van der Waals surface area (Å²) in [4.78, 5) is 1.59. The van der Waals surface area contributed by atoms with Crippen LogP contribution >= 0.6 is 11.6 Å². The first-order chi connectivity index (χ1) is 11.6. The summed E-state index contributed by atoms with van der Waals surface area (Å²) in [5, 5.41) is 29.8. The van der Waals surface area contributed by atoms with Crippen molar-refractivity contribution in [1.82, 2.24) is 4.90 Å². The minimum absolute atomic E-state index is 0.260. The maximum Gasteiger partial charge on any atom is 0.168 e. The van der Waals surface area contributed by atoms with Crippen molar-refractivity contribution in [2.24, 2.45) is 5.92 Å². The molecule has 2 heterocycles. The van der Waals surface area contributed by atoms with Crippen LogP contribution in [0.1, 0.15) is 18.4 Å². The Morgan fingerprint density at radius 2 is 2.08 bits per heavy atom. The summed E-state index contributed by atoms with van der Waals surface area (Å²) in [6, 6.07) is 6.64. The van der Waals surface area contributed by atoms with E-state index in [0.29, 0.717) is 37.0 Å². The van der Waals surface area contributed by atoms with E-state index < -0.39 is 12.5 Å². The number of nitriles is 1. The SMILES string of the molecule is N#Cc1ccc(OC2=CC(O)N(CC3CCOCC3)C2O)cc1Cl. The molecule has 0 saturated carbocycles. The van der Waals surface area contributed by atoms with E-state index in [0.717, 1.165) is 12.8 Å². The molecule has 3 rings (SSSR count). The summed E-state index contributed by atoms with van der Waals surface area (Å²) in [5.41, 5.74) is 0.353. The fourth-order valence-corrected chi connectivity index (χ4v) is 3.16. The lowest BCUT2D eigenvalue weighted by molar-refractivity contribution is -0.0691. The first-order valence-electron chi connectivity index (χ1n) is 7.87. The third kappa shape index (κ3) is 3.72. The quantitative estimate of drug-likeness (QED) is 0.862. The van der Waals surface area contributed by atoms with Crippen molar-refractivity contribution in [2.75, 3.05) is 19.8 Å². The number of rotatable bonds is 4. The van der Waals surface area contributed by atoms with Gasteiger partial charge in [0.2, 0.25) is 0 Å². The van der Waals surface area contributed by atoms with Gasteiger partial charge in [-0.05, 0) is 30.9 Å². The van der Waals surface area contributed by atoms with E-state index in [9.17, 15) is 10.2 Å². The second-order valence-electron chi connectivity index (χ2n) is 5.96. The van der Waals surface area contributed by atoms with Crippen molar-refractivity contribution in [1.29, 1.82) is 5.26 Å². The molecule has 1 aromatic carbocycles. The van der Waals surface area contributed by atoms with Gasteiger partial charge in [-0.3, -0.25) is 0 Å². The zero-order valence-electron chi connectivity index (χ0n) is 13.1. The molecule has 1 aromatic rings. The van der Waals surface area contributed by atoms with Gasteiger partial charge >= 0.3 is 0 Å². The summed E-state index contributed by atoms with van der Waals surface area (Å²) < 4.78 is 11.0. The maximum absolute atomic E-state index is 10.4. The number of benzene rings is 1. The highest BCUT2D eigenvalue weighted by molar-refractivity contribution is 6.31. The summed E-state index contributed by atoms with van der Waals surface area (Å²) in [7, 11) is 0. The molecule has 2 unspecified atom stereocenters. The van der Waals surface area contributed by atoms with Gasteiger partial charge in [-0.25, -0.2) is 4.90 Å². The highest BCUT2D eigenvalue weighted by Gasteiger charge is 2.35. The highest BCUT2D eigenvalue weighted by atomic mass is 35.5. The van der Waals surface area contributed by atoms with Crippen LogP contribution in [-0.4, -0.2) is 47.3 Å². The topological polar surface area (TPSA) is 86.0 Å². The first kappa shape index (κ1) is 17.2. The van der Waals surface area contributed by atoms with Crippen molar-refractivity contribution in [3.05, 3.63) is 40.6 Å². The van der Waals surface area contributed by atoms with Crippen LogP contribution in [0, 0.1) is 17.2 Å². The molecule has 128 valence electrons. The Balaban J connectivity index is 1.65. The van der Waals surface area contributed by atoms with E-state index >= 15 is 0 Å². The van der Waals surface area contributed by atoms with Gasteiger partial charge in [0.1, 0.15) is 23.8 Å². The molecule has 0 radical (unpaired) electrons. The van der Waals surface area contributed by atoms with Crippen LogP contribution in [0.2, 0.25) is 5.02 Å². The number of halogens is 1. The molecule has 0 bridgehead atoms. The third-order valence-electron chi connectivity index (χ3n) is 4.33. The lowest BCUT2D eigenvalue weighted by Gasteiger charge is -2.31. The molecule has 1 fully saturated rings. The van der Waals surface area contributed by atoms with Crippen LogP contribution in [0.25, 0.3) is 0 Å². The number of hydrogen-bond donors (Lipinski definition) is 2. The van der Waals surface area contributed by atoms with E-state index in [4.69, 9.17) is 26.3 Å². The van der Waals surface area contributed by atoms with Crippen molar-refractivity contribution in [3.63, 3.8) is 0 Å². The van der Waals surface area contributed by atoms with Gasteiger partial charge in [-0.2, -0.15) is 5.26 Å². The summed E-state index contributed by atoms with van der Waals surface area (Å²) in [5.74, 6) is 1.04. The Labute approximate surface area is 145 Å². The monoisotopic (exact) mass is 350 g/mol. The van der Waals surface area contributed by atoms with E-state index in [1.165, 1.54) is 12.1 Å². The number of aliphatic hydroxyl groups excluding tert-OH is 2. The fourth-order valence-electron chi connectivity index (χ4n) is 2.94. The summed E-state index contributed by atoms with van der Waals surface area (Å²) >= 11 is 5.98. The highest BCUT2D eigenvalue weighted by Crippen LogP contribution is 2.29. The molecule has 0 aromatic heterocycles. The zero-order chi connectivity index (χ0) is 17.1. The predicted molar refractivity (Wildman–Crippen MR) is 87.1 cm³/mol. The molecule has 6 nitrogen and oxygen atoms in total. The second-order valence-corrected chi connectivity index (χ2v) is 6.37. The Hall–Kier alpha value is -1.62. The molecule has 0 amide bonds. The molecule has 0 spiro atoms. The summed E-state index contributed by atoms with van der Waals surface area (Å²) in [6.07, 6.45) is 1.40. The van der Waals surface area contributed by atoms with E-state index in [1.54, 1.807) is 17.0 Å². The van der Waals surface area contributed by atoms with Crippen LogP contribution in [0.3, 0.4) is 0 Å². The third-order valence-corrected chi connectivity index (χ3v) is 4.64. The standard InChI is InChI=1S/C17H19ClN2O4/c18-14-7-13(2-1-12(14)9-19)24-15-8-16(21)20(17(15)22)10-11-3-5-23-6-4-11/h1-2,7-8,11,16-17,21-22H,3-6,10H2. The van der Waals surface area contributed by atoms with Gasteiger partial charge in [-0.1, -0.05) is 11.6 Å². The first-order valence-corrected chi connectivity index (χ1v) is 8.25. The van der Waals surface area contributed by atoms with Crippen LogP contribution in [0.4, 0.5) is 0 Å². The van der Waals surface area contributed by atoms with Gasteiger partial charge in [-0.15, -0.1) is 0 Å². The van der Waals surface area contributed by atoms with Crippen LogP contribution in [-0.2, 0) is 4.74 Å². The largest absolute Gasteiger partial charge is 0.458 e. The Kier molecular flexibility index (Phi) is 5.39. The maximum atomic E-state index is 10.4. The van der Waals surface area contributed by atoms with Crippen molar-refractivity contribution >= 4 is 11.6 Å². The summed E-state index contributed by atoms with van der Waals surface area (Å²) in [6.45, 7) is 2.00. The number of aliphatic hydroxyl groups is 2. The van der Waals surface area contributed by atoms with Gasteiger partial charge in [0.25, 0.3) is 0 Å². The number of hydrogen-bond acceptors (Lipinski definition) is 6. The molecule has 24 heavy (non-hydrogen) atoms. The molecule has 2 aliphatic rings. The molecule has 0 aliphatic carbocycles. The van der Waals surface area contributed by atoms with Gasteiger partial charge < -0.3 is 19.7 Å². The van der Waals surface area contributed by atoms with Crippen molar-refractivity contribution in [2.45, 2.75) is 25.3 Å². The van der Waals surface area contributed by atoms with Crippen molar-refractivity contribution < 1.29 is 19.7 Å². The molecule has 2 N–H and O–H groups in total. The van der Waals surface area contributed by atoms with Crippen molar-refractivity contribution in [3.8, 4) is 11.8 Å². The molecule has 7 heteroatoms. The lowest BCUT2D eigenvalue weighted by Crippen LogP contribution is -2.42. The van der Waals surface area contributed by atoms with E-state index in [-0.39, 0.29) is 10.8 Å². The zero-order valence-corrected chi connectivity index (χ0v) is 13.8. The minimum atomic E-state index is -1.02. The number of ether oxygens (including phenoxy) is 2. The molecular formula is C17H19ClN2O4. The molecule has 1 saturated heterocycles.